The van der Waals surface area contributed by atoms with Crippen LogP contribution >= 0.6 is 0 Å². The van der Waals surface area contributed by atoms with Crippen LogP contribution in [0.5, 0.6) is 0 Å². The fraction of sp³-hybridized carbons (Fsp3) is 0.853. The number of amides is 1. The second-order valence-corrected chi connectivity index (χ2v) is 25.4. The Morgan fingerprint density at radius 2 is 0.738 bits per heavy atom. The molecule has 0 aromatic carbocycles. The molecule has 1 heterocycles. The third-order valence-corrected chi connectivity index (χ3v) is 17.4. The van der Waals surface area contributed by atoms with Crippen molar-refractivity contribution in [3.8, 4) is 0 Å². The quantitative estimate of drug-likeness (QED) is 0.0261. The Kier molecular flexibility index (Phi) is 60.8. The Hall–Kier alpha value is -2.11. The molecule has 84 heavy (non-hydrogen) atoms. The zero-order valence-corrected chi connectivity index (χ0v) is 55.2. The first-order valence-corrected chi connectivity index (χ1v) is 36.5. The number of aliphatic hydroxyl groups excluding tert-OH is 5. The molecule has 7 atom stereocenters. The van der Waals surface area contributed by atoms with Crippen molar-refractivity contribution in [2.24, 2.45) is 0 Å². The summed E-state index contributed by atoms with van der Waals surface area (Å²) in [6.45, 7) is 3.77. The van der Waals surface area contributed by atoms with E-state index in [4.69, 9.17) is 9.47 Å². The maximum Gasteiger partial charge on any atom is 0.220 e. The average molecular weight is 1180 g/mol. The molecule has 1 saturated heterocycles. The Morgan fingerprint density at radius 1 is 0.417 bits per heavy atom. The molecule has 1 aliphatic rings. The fourth-order valence-corrected chi connectivity index (χ4v) is 11.7. The molecule has 1 aliphatic heterocycles. The van der Waals surface area contributed by atoms with Crippen molar-refractivity contribution < 1.29 is 39.8 Å². The van der Waals surface area contributed by atoms with E-state index in [-0.39, 0.29) is 12.5 Å². The van der Waals surface area contributed by atoms with Crippen LogP contribution in [0.2, 0.25) is 0 Å². The molecule has 9 nitrogen and oxygen atoms in total. The van der Waals surface area contributed by atoms with Gasteiger partial charge >= 0.3 is 0 Å². The lowest BCUT2D eigenvalue weighted by atomic mass is 9.99. The Balaban J connectivity index is 2.10. The van der Waals surface area contributed by atoms with Crippen LogP contribution in [0.4, 0.5) is 0 Å². The third kappa shape index (κ3) is 51.9. The third-order valence-electron chi connectivity index (χ3n) is 17.4. The molecule has 0 aliphatic carbocycles. The largest absolute Gasteiger partial charge is 0.394 e. The molecular weight excluding hydrogens is 1040 g/mol. The van der Waals surface area contributed by atoms with E-state index in [1.165, 1.54) is 257 Å². The van der Waals surface area contributed by atoms with Gasteiger partial charge in [0.05, 0.1) is 25.4 Å². The topological polar surface area (TPSA) is 149 Å². The summed E-state index contributed by atoms with van der Waals surface area (Å²) in [5, 5.41) is 55.0. The minimum atomic E-state index is -1.56. The monoisotopic (exact) mass is 1180 g/mol. The number of aliphatic hydroxyl groups is 5. The number of unbranched alkanes of at least 4 members (excludes halogenated alkanes) is 44. The standard InChI is InChI=1S/C75H139NO8/c1-3-5-7-9-11-13-15-17-19-21-23-25-27-29-31-33-35-37-39-41-43-45-47-49-51-53-55-57-59-61-63-65-71(79)76-68(67-83-75-74(82)73(81)72(80)70(66-77)84-75)69(78)64-62-60-58-56-54-52-50-48-46-44-42-40-38-36-34-32-30-28-26-24-22-20-18-16-14-12-10-8-6-4-2/h5,7,11,13,17,19,23,25,29,31,68-70,72-75,77-78,80-82H,3-4,6,8-10,12,14-16,18,20-22,24,26-28,30,32-67H2,1-2H3,(H,76,79)/b7-5-,13-11-,19-17-,25-23-,31-29-. The number of carbonyl (C=O) groups is 1. The molecule has 9 heteroatoms. The van der Waals surface area contributed by atoms with Crippen LogP contribution in [0.1, 0.15) is 354 Å². The van der Waals surface area contributed by atoms with Crippen LogP contribution in [0.3, 0.4) is 0 Å². The van der Waals surface area contributed by atoms with Gasteiger partial charge in [0.2, 0.25) is 5.91 Å². The van der Waals surface area contributed by atoms with Crippen molar-refractivity contribution in [3.05, 3.63) is 60.8 Å². The molecular formula is C75H139NO8. The van der Waals surface area contributed by atoms with E-state index in [9.17, 15) is 30.3 Å². The van der Waals surface area contributed by atoms with Gasteiger partial charge in [0.1, 0.15) is 24.4 Å². The van der Waals surface area contributed by atoms with Crippen molar-refractivity contribution in [1.82, 2.24) is 5.32 Å². The van der Waals surface area contributed by atoms with Crippen molar-refractivity contribution in [2.75, 3.05) is 13.2 Å². The lowest BCUT2D eigenvalue weighted by Gasteiger charge is -2.40. The van der Waals surface area contributed by atoms with Gasteiger partial charge in [-0.15, -0.1) is 0 Å². The lowest BCUT2D eigenvalue weighted by molar-refractivity contribution is -0.302. The summed E-state index contributed by atoms with van der Waals surface area (Å²) in [6.07, 6.45) is 81.5. The van der Waals surface area contributed by atoms with E-state index in [2.05, 4.69) is 79.9 Å². The predicted octanol–water partition coefficient (Wildman–Crippen LogP) is 20.1. The Labute approximate surface area is 519 Å². The van der Waals surface area contributed by atoms with Crippen molar-refractivity contribution >= 4 is 5.91 Å². The van der Waals surface area contributed by atoms with E-state index < -0.39 is 49.5 Å². The van der Waals surface area contributed by atoms with E-state index in [0.717, 1.165) is 70.6 Å². The van der Waals surface area contributed by atoms with Gasteiger partial charge in [0.25, 0.3) is 0 Å². The highest BCUT2D eigenvalue weighted by atomic mass is 16.7. The Morgan fingerprint density at radius 3 is 1.10 bits per heavy atom. The first-order valence-electron chi connectivity index (χ1n) is 36.5. The molecule has 6 N–H and O–H groups in total. The van der Waals surface area contributed by atoms with Gasteiger partial charge < -0.3 is 40.3 Å². The van der Waals surface area contributed by atoms with Gasteiger partial charge in [-0.2, -0.15) is 0 Å². The van der Waals surface area contributed by atoms with Crippen LogP contribution in [0.25, 0.3) is 0 Å². The average Bonchev–Trinajstić information content (AvgIpc) is 3.70. The summed E-state index contributed by atoms with van der Waals surface area (Å²) < 4.78 is 11.4. The minimum Gasteiger partial charge on any atom is -0.394 e. The molecule has 0 aromatic heterocycles. The van der Waals surface area contributed by atoms with E-state index in [1.54, 1.807) is 0 Å². The number of nitrogens with one attached hydrogen (secondary N) is 1. The van der Waals surface area contributed by atoms with Crippen molar-refractivity contribution in [3.63, 3.8) is 0 Å². The van der Waals surface area contributed by atoms with Gasteiger partial charge in [-0.1, -0.05) is 351 Å². The molecule has 1 amide bonds. The number of ether oxygens (including phenoxy) is 2. The van der Waals surface area contributed by atoms with Gasteiger partial charge in [0.15, 0.2) is 6.29 Å². The van der Waals surface area contributed by atoms with E-state index in [1.807, 2.05) is 0 Å². The molecule has 1 fully saturated rings. The van der Waals surface area contributed by atoms with Crippen LogP contribution < -0.4 is 5.32 Å². The van der Waals surface area contributed by atoms with Crippen molar-refractivity contribution in [2.45, 2.75) is 397 Å². The van der Waals surface area contributed by atoms with Crippen LogP contribution in [-0.2, 0) is 14.3 Å². The van der Waals surface area contributed by atoms with Crippen LogP contribution in [0.15, 0.2) is 60.8 Å². The highest BCUT2D eigenvalue weighted by Crippen LogP contribution is 2.24. The molecule has 7 unspecified atom stereocenters. The predicted molar refractivity (Wildman–Crippen MR) is 359 cm³/mol. The van der Waals surface area contributed by atoms with Gasteiger partial charge in [0, 0.05) is 6.42 Å². The van der Waals surface area contributed by atoms with Gasteiger partial charge in [-0.05, 0) is 57.8 Å². The molecule has 492 valence electrons. The lowest BCUT2D eigenvalue weighted by Crippen LogP contribution is -2.60. The maximum absolute atomic E-state index is 13.2. The first kappa shape index (κ1) is 79.9. The highest BCUT2D eigenvalue weighted by molar-refractivity contribution is 5.76. The fourth-order valence-electron chi connectivity index (χ4n) is 11.7. The normalized spacial score (nSPS) is 18.5. The number of allylic oxidation sites excluding steroid dienone is 10. The molecule has 0 aromatic rings. The summed E-state index contributed by atoms with van der Waals surface area (Å²) in [7, 11) is 0. The second kappa shape index (κ2) is 63.9. The van der Waals surface area contributed by atoms with Crippen molar-refractivity contribution in [1.29, 1.82) is 0 Å². The summed E-state index contributed by atoms with van der Waals surface area (Å²) >= 11 is 0. The van der Waals surface area contributed by atoms with Gasteiger partial charge in [-0.3, -0.25) is 4.79 Å². The summed E-state index contributed by atoms with van der Waals surface area (Å²) in [5.74, 6) is -0.140. The van der Waals surface area contributed by atoms with Crippen LogP contribution in [-0.4, -0.2) is 87.5 Å². The minimum absolute atomic E-state index is 0.137. The number of carbonyl (C=O) groups excluding carboxylic acids is 1. The molecule has 0 radical (unpaired) electrons. The second-order valence-electron chi connectivity index (χ2n) is 25.4. The number of rotatable bonds is 64. The Bertz CT molecular complexity index is 1510. The summed E-state index contributed by atoms with van der Waals surface area (Å²) in [5.41, 5.74) is 0. The summed E-state index contributed by atoms with van der Waals surface area (Å²) in [6, 6.07) is -0.723. The summed E-state index contributed by atoms with van der Waals surface area (Å²) in [4.78, 5) is 13.2. The first-order chi connectivity index (χ1) is 41.3. The van der Waals surface area contributed by atoms with Crippen LogP contribution in [0, 0.1) is 0 Å². The van der Waals surface area contributed by atoms with E-state index in [0.29, 0.717) is 12.8 Å². The highest BCUT2D eigenvalue weighted by Gasteiger charge is 2.44. The van der Waals surface area contributed by atoms with Gasteiger partial charge in [-0.25, -0.2) is 0 Å². The zero-order valence-electron chi connectivity index (χ0n) is 55.2. The number of hydrogen-bond donors (Lipinski definition) is 6. The molecule has 0 spiro atoms. The molecule has 0 saturated carbocycles. The zero-order chi connectivity index (χ0) is 60.7. The number of hydrogen-bond acceptors (Lipinski definition) is 8. The van der Waals surface area contributed by atoms with E-state index >= 15 is 0 Å². The smallest absolute Gasteiger partial charge is 0.220 e. The SMILES string of the molecule is CC/C=C\C/C=C\C/C=C\C/C=C\C/C=C\CCCCCCCCCCCCCCCCCC(=O)NC(COC1OC(CO)C(O)C(O)C1O)C(O)CCCCCCCCCCCCCCCCCCCCCCCCCCCCCCCC. The molecule has 0 bridgehead atoms. The molecule has 1 rings (SSSR count). The maximum atomic E-state index is 13.2.